The number of hydrogen-bond donors (Lipinski definition) is 1. The summed E-state index contributed by atoms with van der Waals surface area (Å²) in [5, 5.41) is 3.49. The van der Waals surface area contributed by atoms with Crippen molar-refractivity contribution in [2.75, 3.05) is 7.05 Å². The first-order valence-corrected chi connectivity index (χ1v) is 9.33. The summed E-state index contributed by atoms with van der Waals surface area (Å²) < 4.78 is 2.43. The lowest BCUT2D eigenvalue weighted by Crippen LogP contribution is -2.19. The van der Waals surface area contributed by atoms with Gasteiger partial charge >= 0.3 is 0 Å². The minimum atomic E-state index is 0.447. The van der Waals surface area contributed by atoms with Crippen LogP contribution in [-0.2, 0) is 0 Å². The number of halogens is 2. The molecule has 20 heavy (non-hydrogen) atoms. The van der Waals surface area contributed by atoms with Gasteiger partial charge in [0, 0.05) is 15.0 Å². The Kier molecular flexibility index (Phi) is 6.57. The van der Waals surface area contributed by atoms with Crippen molar-refractivity contribution < 1.29 is 0 Å². The highest BCUT2D eigenvalue weighted by atomic mass is 79.9. The third kappa shape index (κ3) is 4.32. The Morgan fingerprint density at radius 1 is 1.15 bits per heavy atom. The molecular formula is C17H25Br2N. The maximum Gasteiger partial charge on any atom is 0.0329 e. The third-order valence-electron chi connectivity index (χ3n) is 4.59. The Bertz CT molecular complexity index is 439. The lowest BCUT2D eigenvalue weighted by molar-refractivity contribution is 0.317. The summed E-state index contributed by atoms with van der Waals surface area (Å²) >= 11 is 7.38. The van der Waals surface area contributed by atoms with E-state index in [-0.39, 0.29) is 0 Å². The molecule has 112 valence electrons. The molecule has 1 N–H and O–H groups in total. The van der Waals surface area contributed by atoms with Crippen molar-refractivity contribution in [3.05, 3.63) is 32.2 Å². The van der Waals surface area contributed by atoms with Gasteiger partial charge < -0.3 is 5.32 Å². The number of benzene rings is 1. The molecule has 2 rings (SSSR count). The molecular weight excluding hydrogens is 378 g/mol. The van der Waals surface area contributed by atoms with E-state index in [1.165, 1.54) is 65.0 Å². The number of aryl methyl sites for hydroxylation is 1. The van der Waals surface area contributed by atoms with Crippen molar-refractivity contribution >= 4 is 31.9 Å². The average Bonchev–Trinajstić information content (AvgIpc) is 2.46. The summed E-state index contributed by atoms with van der Waals surface area (Å²) in [6.07, 6.45) is 9.79. The van der Waals surface area contributed by atoms with E-state index in [0.717, 1.165) is 5.92 Å². The topological polar surface area (TPSA) is 12.0 Å². The fourth-order valence-corrected chi connectivity index (χ4v) is 4.36. The van der Waals surface area contributed by atoms with E-state index in [1.54, 1.807) is 0 Å². The Morgan fingerprint density at radius 3 is 2.50 bits per heavy atom. The molecule has 0 saturated heterocycles. The van der Waals surface area contributed by atoms with Gasteiger partial charge in [0.25, 0.3) is 0 Å². The van der Waals surface area contributed by atoms with Crippen LogP contribution in [0.15, 0.2) is 21.1 Å². The Hall–Kier alpha value is 0.140. The van der Waals surface area contributed by atoms with Gasteiger partial charge in [0.1, 0.15) is 0 Å². The summed E-state index contributed by atoms with van der Waals surface area (Å²) in [6.45, 7) is 2.13. The van der Waals surface area contributed by atoms with Gasteiger partial charge in [0.2, 0.25) is 0 Å². The molecule has 0 aliphatic heterocycles. The summed E-state index contributed by atoms with van der Waals surface area (Å²) in [5.74, 6) is 0.951. The van der Waals surface area contributed by atoms with Crippen LogP contribution in [0.2, 0.25) is 0 Å². The highest BCUT2D eigenvalue weighted by Gasteiger charge is 2.18. The summed E-state index contributed by atoms with van der Waals surface area (Å²) in [7, 11) is 2.08. The van der Waals surface area contributed by atoms with Crippen LogP contribution in [0.1, 0.15) is 62.1 Å². The SMILES string of the molecule is CNC(CCC1CCCCC1)c1cc(Br)c(C)cc1Br. The van der Waals surface area contributed by atoms with E-state index < -0.39 is 0 Å². The van der Waals surface area contributed by atoms with Crippen LogP contribution < -0.4 is 5.32 Å². The molecule has 0 amide bonds. The molecule has 1 aliphatic carbocycles. The quantitative estimate of drug-likeness (QED) is 0.623. The lowest BCUT2D eigenvalue weighted by atomic mass is 9.84. The molecule has 1 aromatic rings. The average molecular weight is 403 g/mol. The predicted octanol–water partition coefficient (Wildman–Crippen LogP) is 6.14. The first-order chi connectivity index (χ1) is 9.61. The number of hydrogen-bond acceptors (Lipinski definition) is 1. The second-order valence-electron chi connectivity index (χ2n) is 6.05. The van der Waals surface area contributed by atoms with Gasteiger partial charge in [-0.3, -0.25) is 0 Å². The molecule has 1 aliphatic rings. The van der Waals surface area contributed by atoms with Crippen LogP contribution in [0, 0.1) is 12.8 Å². The van der Waals surface area contributed by atoms with Gasteiger partial charge in [0.15, 0.2) is 0 Å². The summed E-state index contributed by atoms with van der Waals surface area (Å²) in [5.41, 5.74) is 2.66. The lowest BCUT2D eigenvalue weighted by Gasteiger charge is -2.25. The molecule has 1 unspecified atom stereocenters. The zero-order valence-electron chi connectivity index (χ0n) is 12.5. The van der Waals surface area contributed by atoms with Gasteiger partial charge in [-0.05, 0) is 56.0 Å². The Labute approximate surface area is 140 Å². The fourth-order valence-electron chi connectivity index (χ4n) is 3.26. The minimum Gasteiger partial charge on any atom is -0.313 e. The van der Waals surface area contributed by atoms with E-state index in [1.807, 2.05) is 0 Å². The second-order valence-corrected chi connectivity index (χ2v) is 7.75. The molecule has 1 nitrogen and oxygen atoms in total. The zero-order chi connectivity index (χ0) is 14.5. The van der Waals surface area contributed by atoms with Crippen molar-refractivity contribution in [1.29, 1.82) is 0 Å². The summed E-state index contributed by atoms with van der Waals surface area (Å²) in [4.78, 5) is 0. The molecule has 1 aromatic carbocycles. The minimum absolute atomic E-state index is 0.447. The maximum absolute atomic E-state index is 3.73. The van der Waals surface area contributed by atoms with E-state index >= 15 is 0 Å². The van der Waals surface area contributed by atoms with Crippen LogP contribution in [0.5, 0.6) is 0 Å². The first kappa shape index (κ1) is 16.5. The largest absolute Gasteiger partial charge is 0.313 e. The van der Waals surface area contributed by atoms with Crippen LogP contribution in [-0.4, -0.2) is 7.05 Å². The molecule has 1 fully saturated rings. The van der Waals surface area contributed by atoms with Gasteiger partial charge in [-0.25, -0.2) is 0 Å². The zero-order valence-corrected chi connectivity index (χ0v) is 15.7. The van der Waals surface area contributed by atoms with Gasteiger partial charge in [-0.2, -0.15) is 0 Å². The molecule has 0 aromatic heterocycles. The molecule has 0 radical (unpaired) electrons. The van der Waals surface area contributed by atoms with Crippen LogP contribution in [0.3, 0.4) is 0 Å². The van der Waals surface area contributed by atoms with E-state index in [9.17, 15) is 0 Å². The Morgan fingerprint density at radius 2 is 1.85 bits per heavy atom. The van der Waals surface area contributed by atoms with Gasteiger partial charge in [-0.15, -0.1) is 0 Å². The number of nitrogens with one attached hydrogen (secondary N) is 1. The highest BCUT2D eigenvalue weighted by molar-refractivity contribution is 9.11. The van der Waals surface area contributed by atoms with Crippen LogP contribution >= 0.6 is 31.9 Å². The van der Waals surface area contributed by atoms with Crippen LogP contribution in [0.4, 0.5) is 0 Å². The van der Waals surface area contributed by atoms with E-state index in [2.05, 4.69) is 63.3 Å². The predicted molar refractivity (Wildman–Crippen MR) is 94.2 cm³/mol. The molecule has 0 heterocycles. The maximum atomic E-state index is 3.73. The fraction of sp³-hybridized carbons (Fsp3) is 0.647. The van der Waals surface area contributed by atoms with Crippen LogP contribution in [0.25, 0.3) is 0 Å². The molecule has 1 atom stereocenters. The van der Waals surface area contributed by atoms with Crippen molar-refractivity contribution in [2.45, 2.75) is 57.9 Å². The van der Waals surface area contributed by atoms with E-state index in [4.69, 9.17) is 0 Å². The van der Waals surface area contributed by atoms with Gasteiger partial charge in [0.05, 0.1) is 0 Å². The van der Waals surface area contributed by atoms with Gasteiger partial charge in [-0.1, -0.05) is 64.0 Å². The number of rotatable bonds is 5. The molecule has 1 saturated carbocycles. The van der Waals surface area contributed by atoms with Crippen molar-refractivity contribution in [3.63, 3.8) is 0 Å². The normalized spacial score (nSPS) is 18.2. The monoisotopic (exact) mass is 401 g/mol. The molecule has 0 bridgehead atoms. The Balaban J connectivity index is 2.02. The first-order valence-electron chi connectivity index (χ1n) is 7.74. The smallest absolute Gasteiger partial charge is 0.0329 e. The third-order valence-corrected chi connectivity index (χ3v) is 6.13. The van der Waals surface area contributed by atoms with Crippen molar-refractivity contribution in [2.24, 2.45) is 5.92 Å². The second kappa shape index (κ2) is 7.95. The highest BCUT2D eigenvalue weighted by Crippen LogP contribution is 2.34. The molecule has 0 spiro atoms. The van der Waals surface area contributed by atoms with E-state index in [0.29, 0.717) is 6.04 Å². The standard InChI is InChI=1S/C17H25Br2N/c1-12-10-16(19)14(11-15(12)18)17(20-2)9-8-13-6-4-3-5-7-13/h10-11,13,17,20H,3-9H2,1-2H3. The molecule has 3 heteroatoms. The van der Waals surface area contributed by atoms with Crippen molar-refractivity contribution in [1.82, 2.24) is 5.32 Å². The summed E-state index contributed by atoms with van der Waals surface area (Å²) in [6, 6.07) is 4.93. The van der Waals surface area contributed by atoms with Crippen molar-refractivity contribution in [3.8, 4) is 0 Å².